The fraction of sp³-hybridized carbons (Fsp3) is 0.217. The predicted octanol–water partition coefficient (Wildman–Crippen LogP) is 4.03. The minimum atomic E-state index is -0.944. The first-order valence-electron chi connectivity index (χ1n) is 9.87. The maximum absolute atomic E-state index is 12.4. The molecule has 3 rings (SSSR count). The molecule has 0 aromatic heterocycles. The number of hydrogen-bond acceptors (Lipinski definition) is 7. The van der Waals surface area contributed by atoms with E-state index in [1.165, 1.54) is 18.7 Å². The highest BCUT2D eigenvalue weighted by Crippen LogP contribution is 2.32. The average molecular weight is 455 g/mol. The van der Waals surface area contributed by atoms with E-state index in [4.69, 9.17) is 14.6 Å². The molecule has 0 unspecified atom stereocenters. The Morgan fingerprint density at radius 1 is 1.12 bits per heavy atom. The lowest BCUT2D eigenvalue weighted by Crippen LogP contribution is -2.19. The van der Waals surface area contributed by atoms with Gasteiger partial charge in [0.2, 0.25) is 0 Å². The second kappa shape index (κ2) is 10.6. The largest absolute Gasteiger partial charge is 0.490 e. The summed E-state index contributed by atoms with van der Waals surface area (Å²) in [6, 6.07) is 12.0. The topological polar surface area (TPSA) is 114 Å². The summed E-state index contributed by atoms with van der Waals surface area (Å²) in [5, 5.41) is 11.9. The Kier molecular flexibility index (Phi) is 7.67. The number of carboxylic acid groups (broad SMARTS) is 1. The van der Waals surface area contributed by atoms with Crippen LogP contribution in [-0.2, 0) is 9.59 Å². The van der Waals surface area contributed by atoms with Gasteiger partial charge in [0.05, 0.1) is 30.2 Å². The van der Waals surface area contributed by atoms with Gasteiger partial charge in [0.1, 0.15) is 0 Å². The molecule has 9 heteroatoms. The summed E-state index contributed by atoms with van der Waals surface area (Å²) in [7, 11) is 0. The highest BCUT2D eigenvalue weighted by atomic mass is 32.2. The number of carboxylic acids is 1. The molecule has 0 bridgehead atoms. The van der Waals surface area contributed by atoms with Crippen LogP contribution in [0.2, 0.25) is 0 Å². The van der Waals surface area contributed by atoms with Crippen LogP contribution < -0.4 is 14.8 Å². The Bertz CT molecular complexity index is 1090. The van der Waals surface area contributed by atoms with Crippen LogP contribution in [0.15, 0.2) is 52.4 Å². The van der Waals surface area contributed by atoms with Crippen molar-refractivity contribution >= 4 is 46.4 Å². The Balaban J connectivity index is 1.75. The zero-order valence-corrected chi connectivity index (χ0v) is 18.4. The molecule has 1 aliphatic rings. The van der Waals surface area contributed by atoms with Crippen molar-refractivity contribution in [3.8, 4) is 11.5 Å². The summed E-state index contributed by atoms with van der Waals surface area (Å²) in [4.78, 5) is 39.3. The van der Waals surface area contributed by atoms with E-state index >= 15 is 0 Å². The molecule has 0 spiro atoms. The molecule has 1 aliphatic heterocycles. The number of thioether (sulfide) groups is 1. The molecule has 32 heavy (non-hydrogen) atoms. The fourth-order valence-corrected chi connectivity index (χ4v) is 3.61. The molecule has 0 aliphatic carbocycles. The highest BCUT2D eigenvalue weighted by Gasteiger charge is 2.24. The summed E-state index contributed by atoms with van der Waals surface area (Å²) in [6.45, 7) is 3.76. The van der Waals surface area contributed by atoms with E-state index in [-0.39, 0.29) is 24.7 Å². The molecule has 1 fully saturated rings. The van der Waals surface area contributed by atoms with Crippen LogP contribution in [0.4, 0.5) is 5.69 Å². The molecular formula is C23H22N2O6S. The normalized spacial score (nSPS) is 15.6. The molecule has 8 nitrogen and oxygen atoms in total. The van der Waals surface area contributed by atoms with Crippen molar-refractivity contribution in [1.82, 2.24) is 5.32 Å². The molecule has 1 heterocycles. The molecule has 2 N–H and O–H groups in total. The monoisotopic (exact) mass is 454 g/mol. The summed E-state index contributed by atoms with van der Waals surface area (Å²) in [5.74, 6) is -0.331. The number of rotatable bonds is 9. The molecule has 0 atom stereocenters. The lowest BCUT2D eigenvalue weighted by Gasteiger charge is -2.12. The lowest BCUT2D eigenvalue weighted by atomic mass is 10.1. The van der Waals surface area contributed by atoms with Crippen molar-refractivity contribution in [1.29, 1.82) is 0 Å². The van der Waals surface area contributed by atoms with Crippen molar-refractivity contribution in [2.75, 3.05) is 13.2 Å². The molecule has 0 radical (unpaired) electrons. The first-order chi connectivity index (χ1) is 15.4. The number of nitrogens with zero attached hydrogens (tertiary/aromatic N) is 1. The molecule has 1 saturated heterocycles. The Morgan fingerprint density at radius 2 is 1.88 bits per heavy atom. The second-order valence-electron chi connectivity index (χ2n) is 6.72. The van der Waals surface area contributed by atoms with Crippen LogP contribution >= 0.6 is 11.8 Å². The van der Waals surface area contributed by atoms with Crippen molar-refractivity contribution < 1.29 is 29.0 Å². The predicted molar refractivity (Wildman–Crippen MR) is 123 cm³/mol. The van der Waals surface area contributed by atoms with E-state index in [0.29, 0.717) is 39.4 Å². The van der Waals surface area contributed by atoms with Gasteiger partial charge in [-0.1, -0.05) is 6.07 Å². The van der Waals surface area contributed by atoms with Gasteiger partial charge in [-0.3, -0.25) is 14.4 Å². The van der Waals surface area contributed by atoms with Crippen molar-refractivity contribution in [2.24, 2.45) is 4.99 Å². The smallest absolute Gasteiger partial charge is 0.306 e. The lowest BCUT2D eigenvalue weighted by molar-refractivity contribution is -0.137. The van der Waals surface area contributed by atoms with Crippen molar-refractivity contribution in [2.45, 2.75) is 20.3 Å². The van der Waals surface area contributed by atoms with Gasteiger partial charge in [-0.05, 0) is 73.6 Å². The second-order valence-corrected chi connectivity index (χ2v) is 7.75. The number of aliphatic carboxylic acids is 1. The van der Waals surface area contributed by atoms with Crippen LogP contribution in [0, 0.1) is 0 Å². The minimum Gasteiger partial charge on any atom is -0.490 e. The van der Waals surface area contributed by atoms with Gasteiger partial charge < -0.3 is 19.9 Å². The van der Waals surface area contributed by atoms with Gasteiger partial charge in [-0.25, -0.2) is 4.99 Å². The zero-order chi connectivity index (χ0) is 23.1. The maximum atomic E-state index is 12.4. The van der Waals surface area contributed by atoms with Gasteiger partial charge in [0.15, 0.2) is 22.4 Å². The number of aliphatic imine (C=N–C) groups is 1. The Hall–Kier alpha value is -3.59. The SMILES string of the molecule is CCOc1cc(/C=C2/SC(=Nc3ccc(C(C)=O)cc3)NC2=O)ccc1OCCC(=O)O. The first kappa shape index (κ1) is 23.1. The summed E-state index contributed by atoms with van der Waals surface area (Å²) in [5.41, 5.74) is 1.95. The number of nitrogens with one attached hydrogen (secondary N) is 1. The third kappa shape index (κ3) is 6.21. The number of amidine groups is 1. The third-order valence-corrected chi connectivity index (χ3v) is 5.20. The number of carbonyl (C=O) groups excluding carboxylic acids is 2. The quantitative estimate of drug-likeness (QED) is 0.434. The molecular weight excluding hydrogens is 432 g/mol. The third-order valence-electron chi connectivity index (χ3n) is 4.29. The number of benzene rings is 2. The zero-order valence-electron chi connectivity index (χ0n) is 17.6. The number of ketones is 1. The molecule has 1 amide bonds. The van der Waals surface area contributed by atoms with Gasteiger partial charge in [-0.15, -0.1) is 0 Å². The molecule has 2 aromatic carbocycles. The van der Waals surface area contributed by atoms with E-state index in [1.807, 2.05) is 6.92 Å². The standard InChI is InChI=1S/C23H22N2O6S/c1-3-30-19-12-15(4-9-18(19)31-11-10-21(27)28)13-20-22(29)25-23(32-20)24-17-7-5-16(6-8-17)14(2)26/h4-9,12-13H,3,10-11H2,1-2H3,(H,27,28)(H,24,25,29)/b20-13+. The molecule has 2 aromatic rings. The van der Waals surface area contributed by atoms with E-state index < -0.39 is 5.97 Å². The van der Waals surface area contributed by atoms with Crippen LogP contribution in [0.1, 0.15) is 36.2 Å². The summed E-state index contributed by atoms with van der Waals surface area (Å²) < 4.78 is 11.1. The fourth-order valence-electron chi connectivity index (χ4n) is 2.77. The maximum Gasteiger partial charge on any atom is 0.306 e. The average Bonchev–Trinajstić information content (AvgIpc) is 3.08. The van der Waals surface area contributed by atoms with Crippen molar-refractivity contribution in [3.63, 3.8) is 0 Å². The number of carbonyl (C=O) groups is 3. The number of amides is 1. The number of Topliss-reactive ketones (excluding diaryl/α,β-unsaturated/α-hetero) is 1. The van der Waals surface area contributed by atoms with Crippen LogP contribution in [0.5, 0.6) is 11.5 Å². The Morgan fingerprint density at radius 3 is 2.53 bits per heavy atom. The molecule has 0 saturated carbocycles. The van der Waals surface area contributed by atoms with E-state index in [9.17, 15) is 14.4 Å². The van der Waals surface area contributed by atoms with E-state index in [2.05, 4.69) is 10.3 Å². The summed E-state index contributed by atoms with van der Waals surface area (Å²) in [6.07, 6.45) is 1.60. The first-order valence-corrected chi connectivity index (χ1v) is 10.7. The van der Waals surface area contributed by atoms with E-state index in [0.717, 1.165) is 5.56 Å². The number of hydrogen-bond donors (Lipinski definition) is 2. The van der Waals surface area contributed by atoms with E-state index in [1.54, 1.807) is 48.5 Å². The van der Waals surface area contributed by atoms with Crippen molar-refractivity contribution in [3.05, 3.63) is 58.5 Å². The molecule has 166 valence electrons. The Labute approximate surface area is 189 Å². The minimum absolute atomic E-state index is 0.0253. The highest BCUT2D eigenvalue weighted by molar-refractivity contribution is 8.18. The van der Waals surface area contributed by atoms with Crippen LogP contribution in [-0.4, -0.2) is 41.1 Å². The number of ether oxygens (including phenoxy) is 2. The van der Waals surface area contributed by atoms with Gasteiger partial charge in [0, 0.05) is 5.56 Å². The van der Waals surface area contributed by atoms with Crippen LogP contribution in [0.25, 0.3) is 6.08 Å². The van der Waals surface area contributed by atoms with Gasteiger partial charge in [-0.2, -0.15) is 0 Å². The summed E-state index contributed by atoms with van der Waals surface area (Å²) >= 11 is 1.21. The van der Waals surface area contributed by atoms with Gasteiger partial charge >= 0.3 is 5.97 Å². The van der Waals surface area contributed by atoms with Crippen LogP contribution in [0.3, 0.4) is 0 Å². The van der Waals surface area contributed by atoms with Gasteiger partial charge in [0.25, 0.3) is 5.91 Å².